The van der Waals surface area contributed by atoms with Crippen LogP contribution in [-0.2, 0) is 12.8 Å². The van der Waals surface area contributed by atoms with Crippen LogP contribution in [0.2, 0.25) is 30.7 Å². The largest absolute Gasteiger partial charge is 0.477 e. The number of aromatic nitrogens is 4. The topological polar surface area (TPSA) is 72.9 Å². The molecule has 11 heteroatoms. The Bertz CT molecular complexity index is 1020. The Morgan fingerprint density at radius 1 is 1.10 bits per heavy atom. The van der Waals surface area contributed by atoms with Gasteiger partial charge in [-0.25, -0.2) is 4.98 Å². The molecule has 0 bridgehead atoms. The van der Waals surface area contributed by atoms with Gasteiger partial charge in [-0.05, 0) is 29.8 Å². The molecule has 1 aromatic carbocycles. The number of nitrogens with zero attached hydrogens (tertiary/aromatic N) is 3. The van der Waals surface area contributed by atoms with E-state index in [0.717, 1.165) is 17.7 Å². The third-order valence-electron chi connectivity index (χ3n) is 4.26. The summed E-state index contributed by atoms with van der Waals surface area (Å²) in [5.41, 5.74) is 0.194. The molecule has 1 N–H and O–H groups in total. The van der Waals surface area contributed by atoms with Crippen LogP contribution in [0, 0.1) is 0 Å². The molecule has 0 amide bonds. The molecule has 0 fully saturated rings. The number of nitrogens with one attached hydrogen (secondary N) is 1. The van der Waals surface area contributed by atoms with E-state index in [1.54, 1.807) is 12.1 Å². The fraction of sp³-hybridized carbons (Fsp3) is 0.350. The van der Waals surface area contributed by atoms with Gasteiger partial charge < -0.3 is 9.47 Å². The van der Waals surface area contributed by atoms with E-state index >= 15 is 0 Å². The highest BCUT2D eigenvalue weighted by Gasteiger charge is 2.33. The van der Waals surface area contributed by atoms with Crippen LogP contribution in [0.15, 0.2) is 36.5 Å². The minimum Gasteiger partial charge on any atom is -0.477 e. The van der Waals surface area contributed by atoms with Crippen molar-refractivity contribution in [3.8, 4) is 23.1 Å². The van der Waals surface area contributed by atoms with Gasteiger partial charge in [0.15, 0.2) is 0 Å². The van der Waals surface area contributed by atoms with Crippen molar-refractivity contribution in [2.45, 2.75) is 38.5 Å². The fourth-order valence-electron chi connectivity index (χ4n) is 2.49. The molecule has 3 aromatic rings. The Morgan fingerprint density at radius 3 is 2.42 bits per heavy atom. The fourth-order valence-corrected chi connectivity index (χ4v) is 3.33. The van der Waals surface area contributed by atoms with Crippen LogP contribution in [0.25, 0.3) is 11.3 Å². The first-order valence-electron chi connectivity index (χ1n) is 9.51. The van der Waals surface area contributed by atoms with E-state index < -0.39 is 19.9 Å². The maximum absolute atomic E-state index is 12.9. The van der Waals surface area contributed by atoms with Crippen molar-refractivity contribution in [1.29, 1.82) is 0 Å². The molecule has 0 spiro atoms. The summed E-state index contributed by atoms with van der Waals surface area (Å²) in [6.45, 7) is 7.17. The monoisotopic (exact) mass is 470 g/mol. The number of alkyl halides is 3. The molecular formula is C20H22ClF3N4O2Si. The Hall–Kier alpha value is -2.59. The Balaban J connectivity index is 1.83. The van der Waals surface area contributed by atoms with Crippen LogP contribution in [-0.4, -0.2) is 34.8 Å². The lowest BCUT2D eigenvalue weighted by Crippen LogP contribution is -2.22. The summed E-state index contributed by atoms with van der Waals surface area (Å²) in [4.78, 5) is 8.38. The minimum absolute atomic E-state index is 0.0413. The van der Waals surface area contributed by atoms with E-state index in [4.69, 9.17) is 21.1 Å². The molecule has 0 aliphatic carbocycles. The first-order valence-corrected chi connectivity index (χ1v) is 13.6. The molecule has 0 saturated heterocycles. The van der Waals surface area contributed by atoms with Gasteiger partial charge in [0.2, 0.25) is 5.88 Å². The highest BCUT2D eigenvalue weighted by molar-refractivity contribution is 6.76. The van der Waals surface area contributed by atoms with Crippen molar-refractivity contribution >= 4 is 19.7 Å². The van der Waals surface area contributed by atoms with Crippen molar-refractivity contribution in [2.75, 3.05) is 6.61 Å². The quantitative estimate of drug-likeness (QED) is 0.419. The number of hydrogen-bond acceptors (Lipinski definition) is 5. The lowest BCUT2D eigenvalue weighted by molar-refractivity contribution is -0.141. The standard InChI is InChI=1S/C20H22ClF3N4O2Si/c1-31(2,3)9-8-29-18-15(16-10-17(28-27-16)20(22,23)24)11-25-19(26-18)30-12-13-4-6-14(21)7-5-13/h4-7,10-11H,8-9,12H2,1-3H3,(H,27,28). The second kappa shape index (κ2) is 9.27. The zero-order valence-electron chi connectivity index (χ0n) is 17.3. The number of ether oxygens (including phenoxy) is 2. The van der Waals surface area contributed by atoms with E-state index in [1.807, 2.05) is 17.2 Å². The van der Waals surface area contributed by atoms with Crippen molar-refractivity contribution < 1.29 is 22.6 Å². The molecule has 3 rings (SSSR count). The minimum atomic E-state index is -4.54. The molecule has 31 heavy (non-hydrogen) atoms. The van der Waals surface area contributed by atoms with Gasteiger partial charge in [-0.1, -0.05) is 43.4 Å². The van der Waals surface area contributed by atoms with E-state index in [2.05, 4.69) is 34.7 Å². The Labute approximate surface area is 183 Å². The van der Waals surface area contributed by atoms with Crippen molar-refractivity contribution in [3.63, 3.8) is 0 Å². The Kier molecular flexibility index (Phi) is 6.90. The van der Waals surface area contributed by atoms with Gasteiger partial charge in [-0.2, -0.15) is 23.3 Å². The molecule has 0 aliphatic rings. The summed E-state index contributed by atoms with van der Waals surface area (Å²) in [6.07, 6.45) is -3.18. The van der Waals surface area contributed by atoms with E-state index in [0.29, 0.717) is 11.6 Å². The number of rotatable bonds is 8. The second-order valence-corrected chi connectivity index (χ2v) is 14.2. The predicted octanol–water partition coefficient (Wildman–Crippen LogP) is 5.83. The molecule has 0 atom stereocenters. The van der Waals surface area contributed by atoms with Crippen LogP contribution >= 0.6 is 11.6 Å². The van der Waals surface area contributed by atoms with Gasteiger partial charge in [0.25, 0.3) is 0 Å². The summed E-state index contributed by atoms with van der Waals surface area (Å²) in [5.74, 6) is 0.125. The van der Waals surface area contributed by atoms with Crippen LogP contribution < -0.4 is 9.47 Å². The molecule has 0 unspecified atom stereocenters. The number of aromatic amines is 1. The number of halogens is 4. The predicted molar refractivity (Wildman–Crippen MR) is 114 cm³/mol. The van der Waals surface area contributed by atoms with Crippen molar-refractivity contribution in [3.05, 3.63) is 52.8 Å². The van der Waals surface area contributed by atoms with Gasteiger partial charge >= 0.3 is 12.2 Å². The summed E-state index contributed by atoms with van der Waals surface area (Å²) < 4.78 is 50.3. The molecular weight excluding hydrogens is 449 g/mol. The zero-order chi connectivity index (χ0) is 22.6. The maximum atomic E-state index is 12.9. The van der Waals surface area contributed by atoms with Crippen LogP contribution in [0.3, 0.4) is 0 Å². The number of H-pyrrole nitrogens is 1. The third kappa shape index (κ3) is 6.69. The summed E-state index contributed by atoms with van der Waals surface area (Å²) in [7, 11) is -1.39. The van der Waals surface area contributed by atoms with Gasteiger partial charge in [0.1, 0.15) is 12.3 Å². The van der Waals surface area contributed by atoms with Crippen molar-refractivity contribution in [1.82, 2.24) is 20.2 Å². The average molecular weight is 471 g/mol. The SMILES string of the molecule is C[Si](C)(C)CCOc1nc(OCc2ccc(Cl)cc2)ncc1-c1cc(C(F)(F)F)[nH]n1. The molecule has 0 radical (unpaired) electrons. The normalized spacial score (nSPS) is 12.1. The molecule has 2 heterocycles. The maximum Gasteiger partial charge on any atom is 0.432 e. The van der Waals surface area contributed by atoms with Gasteiger partial charge in [0.05, 0.1) is 17.9 Å². The summed E-state index contributed by atoms with van der Waals surface area (Å²) in [6, 6.07) is 8.91. The molecule has 0 saturated carbocycles. The second-order valence-electron chi connectivity index (χ2n) is 8.11. The van der Waals surface area contributed by atoms with Crippen LogP contribution in [0.1, 0.15) is 11.3 Å². The first kappa shape index (κ1) is 23.1. The summed E-state index contributed by atoms with van der Waals surface area (Å²) in [5, 5.41) is 6.36. The lowest BCUT2D eigenvalue weighted by Gasteiger charge is -2.16. The highest BCUT2D eigenvalue weighted by Crippen LogP contribution is 2.33. The highest BCUT2D eigenvalue weighted by atomic mass is 35.5. The molecule has 166 valence electrons. The molecule has 0 aliphatic heterocycles. The third-order valence-corrected chi connectivity index (χ3v) is 6.22. The Morgan fingerprint density at radius 2 is 1.81 bits per heavy atom. The van der Waals surface area contributed by atoms with Crippen molar-refractivity contribution in [2.24, 2.45) is 0 Å². The van der Waals surface area contributed by atoms with E-state index in [-0.39, 0.29) is 29.8 Å². The van der Waals surface area contributed by atoms with E-state index in [1.165, 1.54) is 6.20 Å². The zero-order valence-corrected chi connectivity index (χ0v) is 19.0. The summed E-state index contributed by atoms with van der Waals surface area (Å²) >= 11 is 5.88. The molecule has 6 nitrogen and oxygen atoms in total. The number of hydrogen-bond donors (Lipinski definition) is 1. The number of benzene rings is 1. The molecule has 2 aromatic heterocycles. The van der Waals surface area contributed by atoms with Crippen LogP contribution in [0.5, 0.6) is 11.9 Å². The smallest absolute Gasteiger partial charge is 0.432 e. The first-order chi connectivity index (χ1) is 14.5. The van der Waals surface area contributed by atoms with Gasteiger partial charge in [0, 0.05) is 19.3 Å². The van der Waals surface area contributed by atoms with Crippen LogP contribution in [0.4, 0.5) is 13.2 Å². The van der Waals surface area contributed by atoms with Gasteiger partial charge in [-0.15, -0.1) is 0 Å². The van der Waals surface area contributed by atoms with E-state index in [9.17, 15) is 13.2 Å². The lowest BCUT2D eigenvalue weighted by atomic mass is 10.2. The van der Waals surface area contributed by atoms with Gasteiger partial charge in [-0.3, -0.25) is 5.10 Å². The average Bonchev–Trinajstić information content (AvgIpc) is 3.17.